The molecule has 120 valence electrons. The molecular formula is C19H16N2O3. The second kappa shape index (κ2) is 6.12. The molecule has 0 aromatic heterocycles. The summed E-state index contributed by atoms with van der Waals surface area (Å²) in [5.41, 5.74) is 6.77. The maximum atomic E-state index is 11.7. The molecule has 0 aliphatic heterocycles. The van der Waals surface area contributed by atoms with E-state index in [1.165, 1.54) is 18.2 Å². The van der Waals surface area contributed by atoms with Gasteiger partial charge in [0.2, 0.25) is 5.91 Å². The van der Waals surface area contributed by atoms with Crippen LogP contribution in [0.15, 0.2) is 60.7 Å². The predicted octanol–water partition coefficient (Wildman–Crippen LogP) is 4.00. The zero-order valence-corrected chi connectivity index (χ0v) is 13.1. The van der Waals surface area contributed by atoms with Gasteiger partial charge in [-0.05, 0) is 22.4 Å². The predicted molar refractivity (Wildman–Crippen MR) is 93.1 cm³/mol. The fourth-order valence-corrected chi connectivity index (χ4v) is 3.03. The van der Waals surface area contributed by atoms with E-state index in [-0.39, 0.29) is 17.2 Å². The number of amides is 1. The zero-order valence-electron chi connectivity index (χ0n) is 13.1. The molecule has 5 heteroatoms. The van der Waals surface area contributed by atoms with Crippen molar-refractivity contribution in [2.24, 2.45) is 5.73 Å². The number of nitrogens with zero attached hydrogens (tertiary/aromatic N) is 1. The molecule has 0 spiro atoms. The van der Waals surface area contributed by atoms with Gasteiger partial charge in [-0.3, -0.25) is 14.9 Å². The number of nitro groups is 1. The minimum absolute atomic E-state index is 0.0908. The van der Waals surface area contributed by atoms with Crippen molar-refractivity contribution in [3.8, 4) is 0 Å². The van der Waals surface area contributed by atoms with Gasteiger partial charge >= 0.3 is 0 Å². The van der Waals surface area contributed by atoms with Crippen LogP contribution in [0.1, 0.15) is 34.3 Å². The van der Waals surface area contributed by atoms with Gasteiger partial charge in [-0.1, -0.05) is 55.5 Å². The average molecular weight is 320 g/mol. The highest BCUT2D eigenvalue weighted by Crippen LogP contribution is 2.35. The fourth-order valence-electron chi connectivity index (χ4n) is 3.03. The molecule has 0 heterocycles. The van der Waals surface area contributed by atoms with Crippen molar-refractivity contribution in [2.45, 2.75) is 12.8 Å². The Bertz CT molecular complexity index is 918. The summed E-state index contributed by atoms with van der Waals surface area (Å²) < 4.78 is 0. The van der Waals surface area contributed by atoms with Crippen molar-refractivity contribution in [3.63, 3.8) is 0 Å². The Kier molecular flexibility index (Phi) is 4.00. The first-order valence-corrected chi connectivity index (χ1v) is 7.55. The lowest BCUT2D eigenvalue weighted by Crippen LogP contribution is -2.16. The van der Waals surface area contributed by atoms with Gasteiger partial charge in [0, 0.05) is 23.1 Å². The van der Waals surface area contributed by atoms with Crippen molar-refractivity contribution in [3.05, 3.63) is 87.5 Å². The SMILES string of the molecule is C[C@@H](c1ccc2ccccc2c1)c1c(C(N)=O)cccc1[N+](=O)[O-]. The highest BCUT2D eigenvalue weighted by molar-refractivity contribution is 5.96. The smallest absolute Gasteiger partial charge is 0.273 e. The maximum absolute atomic E-state index is 11.7. The number of fused-ring (bicyclic) bond motifs is 1. The molecule has 24 heavy (non-hydrogen) atoms. The number of benzene rings is 3. The molecule has 0 aliphatic carbocycles. The topological polar surface area (TPSA) is 86.2 Å². The minimum Gasteiger partial charge on any atom is -0.366 e. The molecule has 0 unspecified atom stereocenters. The summed E-state index contributed by atoms with van der Waals surface area (Å²) in [6.07, 6.45) is 0. The van der Waals surface area contributed by atoms with Crippen LogP contribution in [-0.4, -0.2) is 10.8 Å². The van der Waals surface area contributed by atoms with Gasteiger partial charge in [-0.25, -0.2) is 0 Å². The van der Waals surface area contributed by atoms with Crippen molar-refractivity contribution >= 4 is 22.4 Å². The molecule has 2 N–H and O–H groups in total. The van der Waals surface area contributed by atoms with E-state index in [0.717, 1.165) is 16.3 Å². The highest BCUT2D eigenvalue weighted by Gasteiger charge is 2.25. The van der Waals surface area contributed by atoms with E-state index >= 15 is 0 Å². The lowest BCUT2D eigenvalue weighted by atomic mass is 9.87. The van der Waals surface area contributed by atoms with Gasteiger partial charge in [0.25, 0.3) is 5.69 Å². The monoisotopic (exact) mass is 320 g/mol. The second-order valence-electron chi connectivity index (χ2n) is 5.69. The third-order valence-electron chi connectivity index (χ3n) is 4.25. The number of hydrogen-bond donors (Lipinski definition) is 1. The summed E-state index contributed by atoms with van der Waals surface area (Å²) in [6, 6.07) is 18.2. The number of nitrogens with two attached hydrogens (primary N) is 1. The van der Waals surface area contributed by atoms with Crippen LogP contribution in [0.25, 0.3) is 10.8 Å². The number of rotatable bonds is 4. The number of hydrogen-bond acceptors (Lipinski definition) is 3. The van der Waals surface area contributed by atoms with E-state index in [1.807, 2.05) is 49.4 Å². The van der Waals surface area contributed by atoms with Crippen LogP contribution >= 0.6 is 0 Å². The summed E-state index contributed by atoms with van der Waals surface area (Å²) >= 11 is 0. The van der Waals surface area contributed by atoms with E-state index < -0.39 is 10.8 Å². The van der Waals surface area contributed by atoms with Gasteiger partial charge in [-0.2, -0.15) is 0 Å². The number of primary amides is 1. The first-order valence-electron chi connectivity index (χ1n) is 7.55. The normalized spacial score (nSPS) is 12.0. The van der Waals surface area contributed by atoms with E-state index in [1.54, 1.807) is 0 Å². The number of carbonyl (C=O) groups is 1. The Morgan fingerprint density at radius 2 is 1.75 bits per heavy atom. The van der Waals surface area contributed by atoms with Crippen LogP contribution in [0.4, 0.5) is 5.69 Å². The second-order valence-corrected chi connectivity index (χ2v) is 5.69. The van der Waals surface area contributed by atoms with E-state index in [9.17, 15) is 14.9 Å². The number of carbonyl (C=O) groups excluding carboxylic acids is 1. The van der Waals surface area contributed by atoms with Crippen molar-refractivity contribution < 1.29 is 9.72 Å². The molecule has 0 radical (unpaired) electrons. The van der Waals surface area contributed by atoms with Crippen LogP contribution in [0.3, 0.4) is 0 Å². The quantitative estimate of drug-likeness (QED) is 0.582. The minimum atomic E-state index is -0.665. The Balaban J connectivity index is 2.19. The molecule has 5 nitrogen and oxygen atoms in total. The van der Waals surface area contributed by atoms with Gasteiger partial charge in [0.1, 0.15) is 0 Å². The molecule has 1 atom stereocenters. The largest absolute Gasteiger partial charge is 0.366 e. The summed E-state index contributed by atoms with van der Waals surface area (Å²) in [4.78, 5) is 22.7. The molecular weight excluding hydrogens is 304 g/mol. The van der Waals surface area contributed by atoms with Crippen molar-refractivity contribution in [2.75, 3.05) is 0 Å². The van der Waals surface area contributed by atoms with Gasteiger partial charge in [0.05, 0.1) is 4.92 Å². The molecule has 3 aromatic rings. The van der Waals surface area contributed by atoms with Crippen molar-refractivity contribution in [1.82, 2.24) is 0 Å². The molecule has 3 aromatic carbocycles. The van der Waals surface area contributed by atoms with E-state index in [2.05, 4.69) is 0 Å². The first-order chi connectivity index (χ1) is 11.5. The summed E-state index contributed by atoms with van der Waals surface area (Å²) in [5.74, 6) is -1.000. The molecule has 3 rings (SSSR count). The molecule has 0 aliphatic rings. The van der Waals surface area contributed by atoms with Crippen molar-refractivity contribution in [1.29, 1.82) is 0 Å². The molecule has 0 saturated heterocycles. The first kappa shape index (κ1) is 15.7. The molecule has 0 bridgehead atoms. The lowest BCUT2D eigenvalue weighted by Gasteiger charge is -2.16. The summed E-state index contributed by atoms with van der Waals surface area (Å²) in [6.45, 7) is 1.85. The highest BCUT2D eigenvalue weighted by atomic mass is 16.6. The Labute approximate surface area is 138 Å². The van der Waals surface area contributed by atoms with Gasteiger partial charge in [-0.15, -0.1) is 0 Å². The third kappa shape index (κ3) is 2.72. The molecule has 1 amide bonds. The Morgan fingerprint density at radius 1 is 1.04 bits per heavy atom. The maximum Gasteiger partial charge on any atom is 0.273 e. The summed E-state index contributed by atoms with van der Waals surface area (Å²) in [5, 5.41) is 13.5. The van der Waals surface area contributed by atoms with Crippen LogP contribution in [0, 0.1) is 10.1 Å². The lowest BCUT2D eigenvalue weighted by molar-refractivity contribution is -0.385. The summed E-state index contributed by atoms with van der Waals surface area (Å²) in [7, 11) is 0. The van der Waals surface area contributed by atoms with Crippen LogP contribution in [0.2, 0.25) is 0 Å². The van der Waals surface area contributed by atoms with E-state index in [4.69, 9.17) is 5.73 Å². The fraction of sp³-hybridized carbons (Fsp3) is 0.105. The van der Waals surface area contributed by atoms with Gasteiger partial charge < -0.3 is 5.73 Å². The third-order valence-corrected chi connectivity index (χ3v) is 4.25. The zero-order chi connectivity index (χ0) is 17.3. The average Bonchev–Trinajstić information content (AvgIpc) is 2.59. The number of nitro benzene ring substituents is 1. The Hall–Kier alpha value is -3.21. The van der Waals surface area contributed by atoms with Crippen LogP contribution in [-0.2, 0) is 0 Å². The standard InChI is InChI=1S/C19H16N2O3/c1-12(14-10-9-13-5-2-3-6-15(13)11-14)18-16(19(20)22)7-4-8-17(18)21(23)24/h2-12H,1H3,(H2,20,22)/t12-/m0/s1. The van der Waals surface area contributed by atoms with Crippen LogP contribution < -0.4 is 5.73 Å². The molecule has 0 fully saturated rings. The van der Waals surface area contributed by atoms with Gasteiger partial charge in [0.15, 0.2) is 0 Å². The van der Waals surface area contributed by atoms with Crippen LogP contribution in [0.5, 0.6) is 0 Å². The molecule has 0 saturated carbocycles. The van der Waals surface area contributed by atoms with E-state index in [0.29, 0.717) is 5.56 Å². The Morgan fingerprint density at radius 3 is 2.42 bits per heavy atom.